The average Bonchev–Trinajstić information content (AvgIpc) is 3.11. The normalized spacial score (nSPS) is 24.0. The van der Waals surface area contributed by atoms with Crippen LogP contribution in [0.25, 0.3) is 0 Å². The lowest BCUT2D eigenvalue weighted by Gasteiger charge is -2.07. The van der Waals surface area contributed by atoms with E-state index in [1.807, 2.05) is 6.92 Å². The molecule has 0 saturated carbocycles. The molecule has 1 aliphatic heterocycles. The largest absolute Gasteiger partial charge is 0.463 e. The summed E-state index contributed by atoms with van der Waals surface area (Å²) in [5.41, 5.74) is 0.279. The van der Waals surface area contributed by atoms with Crippen molar-refractivity contribution >= 4 is 15.8 Å². The van der Waals surface area contributed by atoms with Crippen molar-refractivity contribution in [2.24, 2.45) is 0 Å². The number of esters is 1. The highest BCUT2D eigenvalue weighted by molar-refractivity contribution is 7.91. The molecule has 22 heavy (non-hydrogen) atoms. The van der Waals surface area contributed by atoms with E-state index in [0.717, 1.165) is 5.56 Å². The fourth-order valence-electron chi connectivity index (χ4n) is 2.14. The molecule has 0 radical (unpaired) electrons. The second-order valence-corrected chi connectivity index (χ2v) is 7.69. The van der Waals surface area contributed by atoms with E-state index in [9.17, 15) is 13.2 Å². The third kappa shape index (κ3) is 3.85. The van der Waals surface area contributed by atoms with Crippen LogP contribution < -0.4 is 0 Å². The highest BCUT2D eigenvalue weighted by Gasteiger charge is 2.57. The molecule has 6 nitrogen and oxygen atoms in total. The molecule has 0 unspecified atom stereocenters. The molecule has 1 saturated heterocycles. The van der Waals surface area contributed by atoms with Crippen LogP contribution in [0.2, 0.25) is 0 Å². The summed E-state index contributed by atoms with van der Waals surface area (Å²) in [5, 5.41) is 8.86. The minimum Gasteiger partial charge on any atom is -0.463 e. The fourth-order valence-corrected chi connectivity index (χ4v) is 3.22. The number of hydrogen-bond donors (Lipinski definition) is 1. The maximum atomic E-state index is 12.1. The standard InChI is InChI=1S/C15H20O6S/c1-11-3-5-12(6-4-11)22(18,19)10-9-20-14(17)13-15(2,21-13)7-8-16/h3-6,13,16H,7-10H2,1-2H3/t13-,15-/m1/s1. The van der Waals surface area contributed by atoms with Crippen molar-refractivity contribution in [3.63, 3.8) is 0 Å². The molecule has 1 aromatic carbocycles. The van der Waals surface area contributed by atoms with Crippen LogP contribution in [-0.4, -0.2) is 50.2 Å². The van der Waals surface area contributed by atoms with Gasteiger partial charge in [0.2, 0.25) is 0 Å². The maximum Gasteiger partial charge on any atom is 0.338 e. The van der Waals surface area contributed by atoms with E-state index in [2.05, 4.69) is 0 Å². The van der Waals surface area contributed by atoms with E-state index < -0.39 is 27.5 Å². The van der Waals surface area contributed by atoms with Crippen LogP contribution >= 0.6 is 0 Å². The summed E-state index contributed by atoms with van der Waals surface area (Å²) in [5.74, 6) is -0.860. The fraction of sp³-hybridized carbons (Fsp3) is 0.533. The van der Waals surface area contributed by atoms with Gasteiger partial charge in [0.1, 0.15) is 12.2 Å². The molecule has 0 aromatic heterocycles. The molecule has 2 atom stereocenters. The van der Waals surface area contributed by atoms with Crippen LogP contribution in [0, 0.1) is 6.92 Å². The third-order valence-electron chi connectivity index (χ3n) is 3.68. The van der Waals surface area contributed by atoms with Crippen molar-refractivity contribution < 1.29 is 27.8 Å². The van der Waals surface area contributed by atoms with Crippen LogP contribution in [0.5, 0.6) is 0 Å². The number of aliphatic hydroxyl groups is 1. The van der Waals surface area contributed by atoms with Gasteiger partial charge >= 0.3 is 5.97 Å². The Balaban J connectivity index is 1.84. The number of aryl methyl sites for hydroxylation is 1. The zero-order chi connectivity index (χ0) is 16.4. The number of epoxide rings is 1. The van der Waals surface area contributed by atoms with Gasteiger partial charge in [0.15, 0.2) is 15.9 Å². The van der Waals surface area contributed by atoms with E-state index in [0.29, 0.717) is 6.42 Å². The van der Waals surface area contributed by atoms with Crippen molar-refractivity contribution in [3.8, 4) is 0 Å². The van der Waals surface area contributed by atoms with Gasteiger partial charge < -0.3 is 14.6 Å². The lowest BCUT2D eigenvalue weighted by molar-refractivity contribution is -0.144. The summed E-state index contributed by atoms with van der Waals surface area (Å²) in [4.78, 5) is 11.9. The number of hydrogen-bond acceptors (Lipinski definition) is 6. The van der Waals surface area contributed by atoms with Gasteiger partial charge in [-0.25, -0.2) is 13.2 Å². The molecular weight excluding hydrogens is 308 g/mol. The highest BCUT2D eigenvalue weighted by atomic mass is 32.2. The number of ether oxygens (including phenoxy) is 2. The van der Waals surface area contributed by atoms with Gasteiger partial charge in [-0.1, -0.05) is 17.7 Å². The molecule has 1 heterocycles. The van der Waals surface area contributed by atoms with Crippen LogP contribution in [0.15, 0.2) is 29.2 Å². The lowest BCUT2D eigenvalue weighted by Crippen LogP contribution is -2.23. The Labute approximate surface area is 130 Å². The number of aliphatic hydroxyl groups excluding tert-OH is 1. The molecule has 0 aliphatic carbocycles. The Kier molecular flexibility index (Phi) is 4.89. The topological polar surface area (TPSA) is 93.2 Å². The van der Waals surface area contributed by atoms with Gasteiger partial charge in [0, 0.05) is 13.0 Å². The summed E-state index contributed by atoms with van der Waals surface area (Å²) in [7, 11) is -3.48. The Morgan fingerprint density at radius 3 is 2.59 bits per heavy atom. The molecule has 7 heteroatoms. The minimum absolute atomic E-state index is 0.0813. The number of sulfone groups is 1. The maximum absolute atomic E-state index is 12.1. The molecule has 0 amide bonds. The van der Waals surface area contributed by atoms with Gasteiger partial charge in [-0.15, -0.1) is 0 Å². The quantitative estimate of drug-likeness (QED) is 0.589. The zero-order valence-electron chi connectivity index (χ0n) is 12.6. The summed E-state index contributed by atoms with van der Waals surface area (Å²) < 4.78 is 34.3. The number of carbonyl (C=O) groups is 1. The molecule has 0 spiro atoms. The van der Waals surface area contributed by atoms with Crippen molar-refractivity contribution in [3.05, 3.63) is 29.8 Å². The average molecular weight is 328 g/mol. The van der Waals surface area contributed by atoms with Crippen LogP contribution in [0.1, 0.15) is 18.9 Å². The number of rotatable bonds is 7. The first-order chi connectivity index (χ1) is 10.3. The molecule has 1 N–H and O–H groups in total. The van der Waals surface area contributed by atoms with Gasteiger partial charge in [-0.2, -0.15) is 0 Å². The predicted molar refractivity (Wildman–Crippen MR) is 79.2 cm³/mol. The SMILES string of the molecule is Cc1ccc(S(=O)(=O)CCOC(=O)[C@H]2O[C@]2(C)CCO)cc1. The number of carbonyl (C=O) groups excluding carboxylic acids is 1. The minimum atomic E-state index is -3.48. The molecule has 122 valence electrons. The Morgan fingerprint density at radius 1 is 1.36 bits per heavy atom. The molecule has 1 aliphatic rings. The van der Waals surface area contributed by atoms with Gasteiger partial charge in [0.05, 0.1) is 10.6 Å². The van der Waals surface area contributed by atoms with Crippen LogP contribution in [0.3, 0.4) is 0 Å². The smallest absolute Gasteiger partial charge is 0.338 e. The van der Waals surface area contributed by atoms with Crippen molar-refractivity contribution in [1.29, 1.82) is 0 Å². The van der Waals surface area contributed by atoms with Gasteiger partial charge in [-0.05, 0) is 26.0 Å². The van der Waals surface area contributed by atoms with Gasteiger partial charge in [-0.3, -0.25) is 0 Å². The molecule has 0 bridgehead atoms. The second kappa shape index (κ2) is 6.36. The summed E-state index contributed by atoms with van der Waals surface area (Å²) in [6.45, 7) is 3.28. The van der Waals surface area contributed by atoms with Crippen molar-refractivity contribution in [2.45, 2.75) is 36.9 Å². The van der Waals surface area contributed by atoms with Crippen molar-refractivity contribution in [1.82, 2.24) is 0 Å². The first-order valence-electron chi connectivity index (χ1n) is 7.03. The predicted octanol–water partition coefficient (Wildman–Crippen LogP) is 0.852. The van der Waals surface area contributed by atoms with E-state index in [-0.39, 0.29) is 23.9 Å². The van der Waals surface area contributed by atoms with Crippen LogP contribution in [-0.2, 0) is 24.1 Å². The Hall–Kier alpha value is -1.44. The molecular formula is C15H20O6S. The lowest BCUT2D eigenvalue weighted by atomic mass is 10.0. The monoisotopic (exact) mass is 328 g/mol. The number of benzene rings is 1. The Morgan fingerprint density at radius 2 is 2.00 bits per heavy atom. The molecule has 1 fully saturated rings. The second-order valence-electron chi connectivity index (χ2n) is 5.58. The highest BCUT2D eigenvalue weighted by Crippen LogP contribution is 2.39. The third-order valence-corrected chi connectivity index (χ3v) is 5.38. The van der Waals surface area contributed by atoms with E-state index in [1.165, 1.54) is 12.1 Å². The van der Waals surface area contributed by atoms with Crippen LogP contribution in [0.4, 0.5) is 0 Å². The summed E-state index contributed by atoms with van der Waals surface area (Å²) in [6, 6.07) is 6.51. The van der Waals surface area contributed by atoms with E-state index >= 15 is 0 Å². The first-order valence-corrected chi connectivity index (χ1v) is 8.68. The van der Waals surface area contributed by atoms with Gasteiger partial charge in [0.25, 0.3) is 0 Å². The van der Waals surface area contributed by atoms with Crippen molar-refractivity contribution in [2.75, 3.05) is 19.0 Å². The van der Waals surface area contributed by atoms with E-state index in [1.54, 1.807) is 19.1 Å². The molecule has 1 aromatic rings. The zero-order valence-corrected chi connectivity index (χ0v) is 13.4. The van der Waals surface area contributed by atoms with E-state index in [4.69, 9.17) is 14.6 Å². The molecule has 2 rings (SSSR count). The Bertz CT molecular complexity index is 637. The summed E-state index contributed by atoms with van der Waals surface area (Å²) in [6.07, 6.45) is -0.379. The first kappa shape index (κ1) is 16.9. The summed E-state index contributed by atoms with van der Waals surface area (Å²) >= 11 is 0.